The second kappa shape index (κ2) is 6.28. The van der Waals surface area contributed by atoms with E-state index in [4.69, 9.17) is 9.15 Å². The van der Waals surface area contributed by atoms with Crippen molar-refractivity contribution in [2.45, 2.75) is 6.04 Å². The first-order chi connectivity index (χ1) is 10.3. The highest BCUT2D eigenvalue weighted by Crippen LogP contribution is 2.36. The summed E-state index contributed by atoms with van der Waals surface area (Å²) in [7, 11) is 1.56. The minimum absolute atomic E-state index is 0.266. The normalized spacial score (nSPS) is 17.6. The number of ether oxygens (including phenoxy) is 1. The summed E-state index contributed by atoms with van der Waals surface area (Å²) >= 11 is 0. The monoisotopic (exact) mass is 290 g/mol. The molecule has 0 bridgehead atoms. The Hall–Kier alpha value is -1.85. The van der Waals surface area contributed by atoms with E-state index in [0.717, 1.165) is 31.9 Å². The van der Waals surface area contributed by atoms with E-state index >= 15 is 0 Å². The van der Waals surface area contributed by atoms with Crippen molar-refractivity contribution in [3.05, 3.63) is 53.7 Å². The first-order valence-electron chi connectivity index (χ1n) is 7.12. The van der Waals surface area contributed by atoms with Crippen LogP contribution in [0.3, 0.4) is 0 Å². The van der Waals surface area contributed by atoms with E-state index in [1.54, 1.807) is 25.5 Å². The Kier molecular flexibility index (Phi) is 4.22. The van der Waals surface area contributed by atoms with Crippen LogP contribution in [0.1, 0.15) is 17.4 Å². The number of methoxy groups -OCH3 is 1. The third kappa shape index (κ3) is 2.80. The Bertz CT molecular complexity index is 580. The summed E-state index contributed by atoms with van der Waals surface area (Å²) in [6, 6.07) is 8.37. The van der Waals surface area contributed by atoms with Crippen molar-refractivity contribution < 1.29 is 13.5 Å². The molecule has 3 rings (SSSR count). The molecule has 1 aliphatic heterocycles. The lowest BCUT2D eigenvalue weighted by molar-refractivity contribution is 0.174. The molecule has 4 nitrogen and oxygen atoms in total. The molecule has 2 aromatic rings. The van der Waals surface area contributed by atoms with E-state index in [1.807, 2.05) is 12.1 Å². The van der Waals surface area contributed by atoms with Crippen LogP contribution in [-0.4, -0.2) is 38.2 Å². The van der Waals surface area contributed by atoms with Crippen molar-refractivity contribution >= 4 is 0 Å². The fourth-order valence-corrected chi connectivity index (χ4v) is 2.85. The van der Waals surface area contributed by atoms with Gasteiger partial charge in [0.15, 0.2) is 0 Å². The summed E-state index contributed by atoms with van der Waals surface area (Å²) in [6.45, 7) is 3.44. The summed E-state index contributed by atoms with van der Waals surface area (Å²) in [5, 5.41) is 3.31. The van der Waals surface area contributed by atoms with Crippen LogP contribution in [0.15, 0.2) is 41.0 Å². The molecule has 1 aromatic carbocycles. The lowest BCUT2D eigenvalue weighted by atomic mass is 10.00. The predicted octanol–water partition coefficient (Wildman–Crippen LogP) is 2.42. The topological polar surface area (TPSA) is 37.6 Å². The molecule has 1 aliphatic rings. The quantitative estimate of drug-likeness (QED) is 0.938. The first kappa shape index (κ1) is 14.1. The second-order valence-corrected chi connectivity index (χ2v) is 5.06. The Morgan fingerprint density at radius 2 is 2.05 bits per heavy atom. The lowest BCUT2D eigenvalue weighted by Crippen LogP contribution is -2.45. The van der Waals surface area contributed by atoms with E-state index in [2.05, 4.69) is 10.2 Å². The number of hydrogen-bond acceptors (Lipinski definition) is 4. The van der Waals surface area contributed by atoms with Gasteiger partial charge in [0.05, 0.1) is 18.9 Å². The third-order valence-corrected chi connectivity index (χ3v) is 3.84. The highest BCUT2D eigenvalue weighted by Gasteiger charge is 2.30. The van der Waals surface area contributed by atoms with Gasteiger partial charge in [0.2, 0.25) is 0 Å². The molecule has 1 atom stereocenters. The number of piperazine rings is 1. The molecule has 5 heteroatoms. The lowest BCUT2D eigenvalue weighted by Gasteiger charge is -2.34. The smallest absolute Gasteiger partial charge is 0.132 e. The SMILES string of the molecule is COc1cccc(F)c1[C@H](c1ccco1)N1CCNCC1. The van der Waals surface area contributed by atoms with Crippen LogP contribution in [-0.2, 0) is 0 Å². The maximum Gasteiger partial charge on any atom is 0.132 e. The summed E-state index contributed by atoms with van der Waals surface area (Å²) in [5.74, 6) is 1.02. The van der Waals surface area contributed by atoms with E-state index in [1.165, 1.54) is 6.07 Å². The number of nitrogens with zero attached hydrogens (tertiary/aromatic N) is 1. The maximum absolute atomic E-state index is 14.5. The van der Waals surface area contributed by atoms with Gasteiger partial charge < -0.3 is 14.5 Å². The van der Waals surface area contributed by atoms with Gasteiger partial charge >= 0.3 is 0 Å². The fraction of sp³-hybridized carbons (Fsp3) is 0.375. The Labute approximate surface area is 123 Å². The molecule has 0 aliphatic carbocycles. The molecule has 0 unspecified atom stereocenters. The number of nitrogens with one attached hydrogen (secondary N) is 1. The van der Waals surface area contributed by atoms with Crippen LogP contribution < -0.4 is 10.1 Å². The highest BCUT2D eigenvalue weighted by atomic mass is 19.1. The predicted molar refractivity (Wildman–Crippen MR) is 77.9 cm³/mol. The minimum atomic E-state index is -0.269. The molecule has 1 N–H and O–H groups in total. The Morgan fingerprint density at radius 1 is 1.24 bits per heavy atom. The molecule has 1 aromatic heterocycles. The van der Waals surface area contributed by atoms with Crippen LogP contribution in [0, 0.1) is 5.82 Å². The summed E-state index contributed by atoms with van der Waals surface area (Å²) in [6.07, 6.45) is 1.62. The molecular weight excluding hydrogens is 271 g/mol. The van der Waals surface area contributed by atoms with Gasteiger partial charge in [-0.3, -0.25) is 4.90 Å². The van der Waals surface area contributed by atoms with Crippen molar-refractivity contribution in [3.63, 3.8) is 0 Å². The standard InChI is InChI=1S/C16H19FN2O2/c1-20-13-5-2-4-12(17)15(13)16(14-6-3-11-21-14)19-9-7-18-8-10-19/h2-6,11,16,18H,7-10H2,1H3/t16-/m0/s1. The Morgan fingerprint density at radius 3 is 2.71 bits per heavy atom. The van der Waals surface area contributed by atoms with Crippen LogP contribution in [0.5, 0.6) is 5.75 Å². The third-order valence-electron chi connectivity index (χ3n) is 3.84. The largest absolute Gasteiger partial charge is 0.496 e. The van der Waals surface area contributed by atoms with Crippen molar-refractivity contribution in [2.24, 2.45) is 0 Å². The minimum Gasteiger partial charge on any atom is -0.496 e. The molecule has 0 spiro atoms. The van der Waals surface area contributed by atoms with Gasteiger partial charge in [-0.05, 0) is 24.3 Å². The van der Waals surface area contributed by atoms with Crippen molar-refractivity contribution in [2.75, 3.05) is 33.3 Å². The molecular formula is C16H19FN2O2. The first-order valence-corrected chi connectivity index (χ1v) is 7.12. The average molecular weight is 290 g/mol. The number of halogens is 1. The Balaban J connectivity index is 2.07. The molecule has 1 fully saturated rings. The van der Waals surface area contributed by atoms with Crippen molar-refractivity contribution in [1.82, 2.24) is 10.2 Å². The second-order valence-electron chi connectivity index (χ2n) is 5.06. The fourth-order valence-electron chi connectivity index (χ4n) is 2.85. The van der Waals surface area contributed by atoms with Crippen molar-refractivity contribution in [3.8, 4) is 5.75 Å². The highest BCUT2D eigenvalue weighted by molar-refractivity contribution is 5.40. The van der Waals surface area contributed by atoms with Crippen LogP contribution in [0.2, 0.25) is 0 Å². The molecule has 2 heterocycles. The van der Waals surface area contributed by atoms with E-state index in [-0.39, 0.29) is 11.9 Å². The molecule has 0 saturated carbocycles. The zero-order chi connectivity index (χ0) is 14.7. The summed E-state index contributed by atoms with van der Waals surface area (Å²) in [5.41, 5.74) is 0.539. The zero-order valence-electron chi connectivity index (χ0n) is 12.0. The molecule has 21 heavy (non-hydrogen) atoms. The molecule has 0 radical (unpaired) electrons. The number of hydrogen-bond donors (Lipinski definition) is 1. The summed E-state index contributed by atoms with van der Waals surface area (Å²) in [4.78, 5) is 2.22. The number of benzene rings is 1. The average Bonchev–Trinajstić information content (AvgIpc) is 3.04. The van der Waals surface area contributed by atoms with Gasteiger partial charge in [-0.15, -0.1) is 0 Å². The van der Waals surface area contributed by atoms with Gasteiger partial charge in [-0.1, -0.05) is 6.07 Å². The van der Waals surface area contributed by atoms with Gasteiger partial charge in [0, 0.05) is 26.2 Å². The van der Waals surface area contributed by atoms with E-state index in [0.29, 0.717) is 11.3 Å². The van der Waals surface area contributed by atoms with Gasteiger partial charge in [-0.25, -0.2) is 4.39 Å². The summed E-state index contributed by atoms with van der Waals surface area (Å²) < 4.78 is 25.4. The van der Waals surface area contributed by atoms with E-state index < -0.39 is 0 Å². The van der Waals surface area contributed by atoms with E-state index in [9.17, 15) is 4.39 Å². The number of rotatable bonds is 4. The van der Waals surface area contributed by atoms with Gasteiger partial charge in [0.25, 0.3) is 0 Å². The van der Waals surface area contributed by atoms with Crippen LogP contribution >= 0.6 is 0 Å². The molecule has 112 valence electrons. The van der Waals surface area contributed by atoms with Crippen molar-refractivity contribution in [1.29, 1.82) is 0 Å². The molecule has 1 saturated heterocycles. The maximum atomic E-state index is 14.5. The zero-order valence-corrected chi connectivity index (χ0v) is 12.0. The van der Waals surface area contributed by atoms with Crippen LogP contribution in [0.4, 0.5) is 4.39 Å². The number of furan rings is 1. The van der Waals surface area contributed by atoms with Gasteiger partial charge in [0.1, 0.15) is 23.4 Å². The molecule has 0 amide bonds. The van der Waals surface area contributed by atoms with Crippen LogP contribution in [0.25, 0.3) is 0 Å². The van der Waals surface area contributed by atoms with Gasteiger partial charge in [-0.2, -0.15) is 0 Å².